The van der Waals surface area contributed by atoms with Crippen LogP contribution in [0.3, 0.4) is 0 Å². The van der Waals surface area contributed by atoms with Crippen molar-refractivity contribution in [1.29, 1.82) is 0 Å². The molecule has 23 N–H and O–H groups in total. The summed E-state index contributed by atoms with van der Waals surface area (Å²) < 4.78 is 379. The molecular weight excluding hydrogens is 1810 g/mol. The Balaban J connectivity index is 2.51. The van der Waals surface area contributed by atoms with Crippen molar-refractivity contribution in [1.82, 2.24) is 4.90 Å². The molecule has 2 heterocycles. The molecule has 0 aromatic rings. The standard InChI is InChI=1S/C21H53NO64S10Si7/c1-8-4-11(23)10(22(2)3)5-9(8)21(90(34,35)77-27)19(88(30,31)75-25)17(15(71-94(45,46)47)13(69-21)7-67-92(39,40)41)73-96(50,51)81-103(65,86-101(62,63)83-98(55,56)57)84-99(58,59)78-79-102(64,85-100(60,61)82-97(52,53)54)80-95(48,49)72-16-14(70-93(42,43)44)12(6-66-91(36,37)38)68-20(89(32,33)76-26)18(16)87(28,29)74-24/h8-20,23-27,52-65H,4-7H2,1-3H3,(H,36,37,38)(H,39,40,41)(H,42,43,44)(H,45,46,47). The summed E-state index contributed by atoms with van der Waals surface area (Å²) in [6, 6.07) is -1.58. The number of hydrogen-bond donors (Lipinski definition) is 23. The number of rotatable bonds is 41. The van der Waals surface area contributed by atoms with Gasteiger partial charge in [-0.25, -0.2) is 63.0 Å². The Morgan fingerprint density at radius 1 is 0.456 bits per heavy atom. The highest BCUT2D eigenvalue weighted by molar-refractivity contribution is 7.92. The molecular formula is C21H53NO64S10Si7. The van der Waals surface area contributed by atoms with Crippen LogP contribution < -0.4 is 0 Å². The van der Waals surface area contributed by atoms with Crippen LogP contribution in [0.15, 0.2) is 0 Å². The van der Waals surface area contributed by atoms with Crippen molar-refractivity contribution in [2.24, 2.45) is 11.8 Å². The molecule has 0 spiro atoms. The molecule has 0 amide bonds. The monoisotopic (exact) mass is 1860 g/mol. The molecule has 3 fully saturated rings. The third-order valence-corrected chi connectivity index (χ3v) is 35.5. The van der Waals surface area contributed by atoms with Crippen molar-refractivity contribution < 1.29 is 285 Å². The molecule has 614 valence electrons. The number of nitrogens with zero attached hydrogens (tertiary/aromatic N) is 1. The van der Waals surface area contributed by atoms with Crippen LogP contribution in [0.2, 0.25) is 0 Å². The molecule has 2 saturated heterocycles. The van der Waals surface area contributed by atoms with Crippen molar-refractivity contribution in [3.63, 3.8) is 0 Å². The lowest BCUT2D eigenvalue weighted by Gasteiger charge is -2.55. The molecule has 3 aliphatic rings. The predicted octanol–water partition coefficient (Wildman–Crippen LogP) is -18.6. The highest BCUT2D eigenvalue weighted by Gasteiger charge is 2.76. The first-order valence-corrected chi connectivity index (χ1v) is 50.2. The largest absolute Gasteiger partial charge is 0.715 e. The van der Waals surface area contributed by atoms with Gasteiger partial charge in [0, 0.05) is 12.0 Å². The van der Waals surface area contributed by atoms with Gasteiger partial charge in [0.15, 0.2) is 10.5 Å². The number of aliphatic hydroxyl groups excluding tert-OH is 1. The van der Waals surface area contributed by atoms with E-state index in [1.54, 1.807) is 0 Å². The van der Waals surface area contributed by atoms with Crippen molar-refractivity contribution in [2.45, 2.75) is 89.4 Å². The van der Waals surface area contributed by atoms with E-state index in [-0.39, 0.29) is 0 Å². The molecule has 0 bridgehead atoms. The summed E-state index contributed by atoms with van der Waals surface area (Å²) in [5.41, 5.74) is -4.03. The molecule has 1 aliphatic carbocycles. The summed E-state index contributed by atoms with van der Waals surface area (Å²) in [4.78, 5) is 139. The van der Waals surface area contributed by atoms with Crippen LogP contribution in [-0.2, 0) is 192 Å². The van der Waals surface area contributed by atoms with Crippen molar-refractivity contribution >= 4 is 166 Å². The summed E-state index contributed by atoms with van der Waals surface area (Å²) in [7, 11) is -119. The lowest BCUT2D eigenvalue weighted by atomic mass is 9.71. The molecule has 0 aromatic carbocycles. The summed E-state index contributed by atoms with van der Waals surface area (Å²) in [6.45, 7) is -3.86. The summed E-state index contributed by atoms with van der Waals surface area (Å²) in [6.07, 6.45) is -27.0. The number of ether oxygens (including phenoxy) is 2. The third kappa shape index (κ3) is 28.1. The quantitative estimate of drug-likeness (QED) is 0.0117. The maximum Gasteiger partial charge on any atom is 0.715 e. The fourth-order valence-electron chi connectivity index (χ4n) is 9.11. The summed E-state index contributed by atoms with van der Waals surface area (Å²) in [5.74, 6) is -4.43. The van der Waals surface area contributed by atoms with Crippen LogP contribution in [0.1, 0.15) is 19.8 Å². The smallest absolute Gasteiger partial charge is 0.391 e. The normalized spacial score (nSPS) is 29.1. The Hall–Kier alpha value is -0.782. The van der Waals surface area contributed by atoms with Crippen molar-refractivity contribution in [3.05, 3.63) is 0 Å². The van der Waals surface area contributed by atoms with E-state index < -0.39 is 274 Å². The fraction of sp³-hybridized carbons (Fsp3) is 1.00. The predicted molar refractivity (Wildman–Crippen MR) is 296 cm³/mol. The molecule has 16 atom stereocenters. The maximum atomic E-state index is 14.4. The molecule has 103 heavy (non-hydrogen) atoms. The van der Waals surface area contributed by atoms with Gasteiger partial charge >= 0.3 is 166 Å². The first-order chi connectivity index (χ1) is 45.5. The van der Waals surface area contributed by atoms with Crippen molar-refractivity contribution in [2.75, 3.05) is 27.3 Å². The zero-order valence-corrected chi connectivity index (χ0v) is 64.1. The van der Waals surface area contributed by atoms with Gasteiger partial charge in [0.05, 0.1) is 19.3 Å². The van der Waals surface area contributed by atoms with Gasteiger partial charge in [-0.15, -0.1) is 17.3 Å². The van der Waals surface area contributed by atoms with E-state index in [0.717, 1.165) is 25.9 Å². The van der Waals surface area contributed by atoms with Crippen LogP contribution in [0, 0.1) is 11.8 Å². The second-order valence-electron chi connectivity index (χ2n) is 19.7. The molecule has 2 aliphatic heterocycles. The van der Waals surface area contributed by atoms with Crippen molar-refractivity contribution in [3.8, 4) is 0 Å². The molecule has 1 saturated carbocycles. The van der Waals surface area contributed by atoms with E-state index in [1.807, 2.05) is 0 Å². The van der Waals surface area contributed by atoms with Gasteiger partial charge in [-0.1, -0.05) is 6.92 Å². The Labute approximate surface area is 581 Å². The molecule has 65 nitrogen and oxygen atoms in total. The SMILES string of the molecule is CC1CC(O)C(N(C)C)CC1C1(S(=O)(=O)OO)OC(COS(=O)(=O)O)C(OS(=O)(=O)O)C(OS(=O)(=O)O[Si](O)(O[Si](O)(O)OO[Si](O)(O[Si](O)(O)O[Si](O)(O)O)OS(=O)(=O)OC2C(OS(=O)(=O)O)C(COS(=O)(=O)O)OC(S(=O)(=O)OO)C2S(=O)(=O)OO)O[Si](O)(O)O[Si](O)(O)O)C1S(=O)(=O)OO. The van der Waals surface area contributed by atoms with Gasteiger partial charge in [0.2, 0.25) is 10.4 Å². The highest BCUT2D eigenvalue weighted by atomic mass is 32.3. The minimum absolute atomic E-state index is 0.832. The Morgan fingerprint density at radius 3 is 1.25 bits per heavy atom. The maximum absolute atomic E-state index is 14.4. The van der Waals surface area contributed by atoms with E-state index >= 15 is 0 Å². The van der Waals surface area contributed by atoms with Crippen LogP contribution in [0.5, 0.6) is 0 Å². The van der Waals surface area contributed by atoms with Gasteiger partial charge in [-0.05, 0) is 32.9 Å². The summed E-state index contributed by atoms with van der Waals surface area (Å²) >= 11 is 0. The second-order valence-corrected chi connectivity index (χ2v) is 46.1. The van der Waals surface area contributed by atoms with Crippen LogP contribution >= 0.6 is 0 Å². The highest BCUT2D eigenvalue weighted by Crippen LogP contribution is 2.53. The van der Waals surface area contributed by atoms with E-state index in [4.69, 9.17) is 14.5 Å². The third-order valence-electron chi connectivity index (χ3n) is 12.1. The van der Waals surface area contributed by atoms with Gasteiger partial charge in [-0.3, -0.25) is 18.2 Å². The van der Waals surface area contributed by atoms with Gasteiger partial charge in [0.25, 0.3) is 0 Å². The van der Waals surface area contributed by atoms with E-state index in [2.05, 4.69) is 84.6 Å². The van der Waals surface area contributed by atoms with Crippen LogP contribution in [0.25, 0.3) is 0 Å². The average Bonchev–Trinajstić information content (AvgIpc) is 0.693. The Kier molecular flexibility index (Phi) is 31.4. The fourth-order valence-corrected chi connectivity index (χ4v) is 31.4. The van der Waals surface area contributed by atoms with E-state index in [1.165, 1.54) is 0 Å². The zero-order valence-electron chi connectivity index (χ0n) is 48.9. The molecule has 0 aromatic heterocycles. The molecule has 82 heteroatoms. The number of likely N-dealkylation sites (N-methyl/N-ethyl adjacent to an activating group) is 1. The van der Waals surface area contributed by atoms with Gasteiger partial charge in [-0.2, -0.15) is 84.2 Å². The Bertz CT molecular complexity index is 4130. The molecule has 3 rings (SSSR count). The minimum atomic E-state index is -8.43. The first kappa shape index (κ1) is 96.4. The van der Waals surface area contributed by atoms with Crippen LogP contribution in [0.4, 0.5) is 0 Å². The zero-order chi connectivity index (χ0) is 80.8. The topological polar surface area (TPSA) is 1000 Å². The molecule has 0 radical (unpaired) electrons. The van der Waals surface area contributed by atoms with E-state index in [0.29, 0.717) is 0 Å². The summed E-state index contributed by atoms with van der Waals surface area (Å²) in [5, 5.41) is 40.5. The lowest BCUT2D eigenvalue weighted by molar-refractivity contribution is -0.234. The minimum Gasteiger partial charge on any atom is -0.391 e. The van der Waals surface area contributed by atoms with Gasteiger partial charge in [0.1, 0.15) is 36.6 Å². The van der Waals surface area contributed by atoms with Gasteiger partial charge < -0.3 is 107 Å². The first-order valence-electron chi connectivity index (χ1n) is 24.3. The number of hydrogen-bond acceptors (Lipinski definition) is 61. The lowest BCUT2D eigenvalue weighted by Crippen LogP contribution is -2.75. The van der Waals surface area contributed by atoms with Crippen LogP contribution in [-0.4, -0.2) is 361 Å². The number of aliphatic hydroxyl groups is 1. The Morgan fingerprint density at radius 2 is 0.854 bits per heavy atom. The second kappa shape index (κ2) is 33.5. The molecule has 16 unspecified atom stereocenters. The van der Waals surface area contributed by atoms with E-state index in [9.17, 15) is 186 Å². The average molecular weight is 1860 g/mol.